The normalized spacial score (nSPS) is 11.7. The summed E-state index contributed by atoms with van der Waals surface area (Å²) in [6.45, 7) is 0. The van der Waals surface area contributed by atoms with Crippen LogP contribution in [-0.2, 0) is 16.0 Å². The second-order valence-corrected chi connectivity index (χ2v) is 5.55. The highest BCUT2D eigenvalue weighted by Crippen LogP contribution is 2.18. The van der Waals surface area contributed by atoms with Crippen LogP contribution < -0.4 is 0 Å². The summed E-state index contributed by atoms with van der Waals surface area (Å²) in [5, 5.41) is 0. The third kappa shape index (κ3) is 4.02. The fourth-order valence-electron chi connectivity index (χ4n) is 2.09. The van der Waals surface area contributed by atoms with Crippen molar-refractivity contribution in [3.8, 4) is 0 Å². The molecule has 0 aromatic heterocycles. The molecule has 0 aliphatic heterocycles. The maximum absolute atomic E-state index is 12.5. The Balaban J connectivity index is 2.25. The smallest absolute Gasteiger partial charge is 0.316 e. The van der Waals surface area contributed by atoms with Crippen molar-refractivity contribution in [1.29, 1.82) is 0 Å². The number of carbonyl (C=O) groups excluding carboxylic acids is 2. The molecule has 1 atom stereocenters. The Labute approximate surface area is 132 Å². The molecule has 2 aromatic rings. The van der Waals surface area contributed by atoms with Crippen molar-refractivity contribution in [2.24, 2.45) is 5.92 Å². The van der Waals surface area contributed by atoms with E-state index in [1.54, 1.807) is 24.3 Å². The van der Waals surface area contributed by atoms with Crippen LogP contribution in [-0.4, -0.2) is 18.9 Å². The van der Waals surface area contributed by atoms with E-state index in [1.807, 2.05) is 30.3 Å². The zero-order valence-corrected chi connectivity index (χ0v) is 13.2. The Kier molecular flexibility index (Phi) is 5.28. The van der Waals surface area contributed by atoms with Gasteiger partial charge in [-0.1, -0.05) is 58.4 Å². The van der Waals surface area contributed by atoms with Crippen molar-refractivity contribution >= 4 is 27.7 Å². The summed E-state index contributed by atoms with van der Waals surface area (Å²) in [7, 11) is 1.30. The van der Waals surface area contributed by atoms with Gasteiger partial charge in [-0.15, -0.1) is 0 Å². The molecule has 4 heteroatoms. The van der Waals surface area contributed by atoms with E-state index in [-0.39, 0.29) is 5.78 Å². The average molecular weight is 347 g/mol. The molecule has 3 nitrogen and oxygen atoms in total. The number of halogens is 1. The molecule has 0 saturated heterocycles. The molecule has 1 unspecified atom stereocenters. The summed E-state index contributed by atoms with van der Waals surface area (Å²) in [6.07, 6.45) is 0.336. The van der Waals surface area contributed by atoms with Crippen molar-refractivity contribution in [2.45, 2.75) is 6.42 Å². The Morgan fingerprint density at radius 1 is 1.05 bits per heavy atom. The van der Waals surface area contributed by atoms with Crippen molar-refractivity contribution in [3.63, 3.8) is 0 Å². The van der Waals surface area contributed by atoms with Crippen molar-refractivity contribution in [1.82, 2.24) is 0 Å². The highest BCUT2D eigenvalue weighted by Gasteiger charge is 2.28. The summed E-state index contributed by atoms with van der Waals surface area (Å²) in [5.74, 6) is -1.55. The molecule has 0 radical (unpaired) electrons. The first-order valence-electron chi connectivity index (χ1n) is 6.53. The van der Waals surface area contributed by atoms with Crippen LogP contribution in [0.5, 0.6) is 0 Å². The van der Waals surface area contributed by atoms with E-state index in [4.69, 9.17) is 4.74 Å². The standard InChI is InChI=1S/C17H15BrO3/c1-21-17(20)15(11-12-5-3-2-4-6-12)16(19)13-7-9-14(18)10-8-13/h2-10,15H,11H2,1H3. The maximum Gasteiger partial charge on any atom is 0.316 e. The Morgan fingerprint density at radius 2 is 1.67 bits per heavy atom. The number of ether oxygens (including phenoxy) is 1. The van der Waals surface area contributed by atoms with Gasteiger partial charge in [-0.05, 0) is 24.1 Å². The van der Waals surface area contributed by atoms with E-state index < -0.39 is 11.9 Å². The largest absolute Gasteiger partial charge is 0.468 e. The zero-order chi connectivity index (χ0) is 15.2. The van der Waals surface area contributed by atoms with Gasteiger partial charge in [0.15, 0.2) is 5.78 Å². The fourth-order valence-corrected chi connectivity index (χ4v) is 2.35. The summed E-state index contributed by atoms with van der Waals surface area (Å²) in [6, 6.07) is 16.4. The van der Waals surface area contributed by atoms with Crippen molar-refractivity contribution < 1.29 is 14.3 Å². The first kappa shape index (κ1) is 15.4. The van der Waals surface area contributed by atoms with Gasteiger partial charge in [-0.25, -0.2) is 0 Å². The lowest BCUT2D eigenvalue weighted by Crippen LogP contribution is -2.27. The van der Waals surface area contributed by atoms with Crippen LogP contribution in [0, 0.1) is 5.92 Å². The van der Waals surface area contributed by atoms with Gasteiger partial charge in [-0.2, -0.15) is 0 Å². The molecule has 0 bridgehead atoms. The molecule has 0 amide bonds. The predicted molar refractivity (Wildman–Crippen MR) is 84.1 cm³/mol. The minimum absolute atomic E-state index is 0.224. The van der Waals surface area contributed by atoms with E-state index in [0.29, 0.717) is 12.0 Å². The molecule has 108 valence electrons. The van der Waals surface area contributed by atoms with Crippen LogP contribution in [0.2, 0.25) is 0 Å². The van der Waals surface area contributed by atoms with Crippen LogP contribution in [0.4, 0.5) is 0 Å². The molecule has 2 aromatic carbocycles. The lowest BCUT2D eigenvalue weighted by atomic mass is 9.91. The molecule has 0 aliphatic carbocycles. The van der Waals surface area contributed by atoms with E-state index in [0.717, 1.165) is 10.0 Å². The third-order valence-corrected chi connectivity index (χ3v) is 3.74. The first-order valence-corrected chi connectivity index (χ1v) is 7.32. The predicted octanol–water partition coefficient (Wildman–Crippen LogP) is 3.66. The summed E-state index contributed by atoms with van der Waals surface area (Å²) in [5.41, 5.74) is 1.43. The molecule has 0 spiro atoms. The summed E-state index contributed by atoms with van der Waals surface area (Å²) in [4.78, 5) is 24.5. The second kappa shape index (κ2) is 7.18. The molecule has 0 N–H and O–H groups in total. The number of Topliss-reactive ketones (excluding diaryl/α,β-unsaturated/α-hetero) is 1. The summed E-state index contributed by atoms with van der Waals surface area (Å²) >= 11 is 3.33. The molecular formula is C17H15BrO3. The number of esters is 1. The van der Waals surface area contributed by atoms with E-state index >= 15 is 0 Å². The number of methoxy groups -OCH3 is 1. The SMILES string of the molecule is COC(=O)C(Cc1ccccc1)C(=O)c1ccc(Br)cc1. The molecule has 0 aliphatic rings. The zero-order valence-electron chi connectivity index (χ0n) is 11.6. The topological polar surface area (TPSA) is 43.4 Å². The monoisotopic (exact) mass is 346 g/mol. The van der Waals surface area contributed by atoms with E-state index in [1.165, 1.54) is 7.11 Å². The highest BCUT2D eigenvalue weighted by atomic mass is 79.9. The molecule has 0 fully saturated rings. The van der Waals surface area contributed by atoms with Crippen LogP contribution in [0.3, 0.4) is 0 Å². The number of hydrogen-bond acceptors (Lipinski definition) is 3. The van der Waals surface area contributed by atoms with Crippen LogP contribution in [0.25, 0.3) is 0 Å². The molecule has 0 saturated carbocycles. The first-order chi connectivity index (χ1) is 10.1. The van der Waals surface area contributed by atoms with Crippen LogP contribution >= 0.6 is 15.9 Å². The second-order valence-electron chi connectivity index (χ2n) is 4.64. The Morgan fingerprint density at radius 3 is 2.24 bits per heavy atom. The number of benzene rings is 2. The van der Waals surface area contributed by atoms with Crippen molar-refractivity contribution in [3.05, 3.63) is 70.2 Å². The van der Waals surface area contributed by atoms with Gasteiger partial charge in [0.05, 0.1) is 7.11 Å². The number of carbonyl (C=O) groups is 2. The van der Waals surface area contributed by atoms with Crippen LogP contribution in [0.1, 0.15) is 15.9 Å². The number of hydrogen-bond donors (Lipinski definition) is 0. The van der Waals surface area contributed by atoms with Gasteiger partial charge >= 0.3 is 5.97 Å². The fraction of sp³-hybridized carbons (Fsp3) is 0.176. The molecule has 0 heterocycles. The average Bonchev–Trinajstić information content (AvgIpc) is 2.53. The van der Waals surface area contributed by atoms with Gasteiger partial charge in [0, 0.05) is 10.0 Å². The quantitative estimate of drug-likeness (QED) is 0.471. The number of ketones is 1. The number of rotatable bonds is 5. The van der Waals surface area contributed by atoms with Crippen molar-refractivity contribution in [2.75, 3.05) is 7.11 Å². The van der Waals surface area contributed by atoms with E-state index in [9.17, 15) is 9.59 Å². The lowest BCUT2D eigenvalue weighted by molar-refractivity contribution is -0.143. The summed E-state index contributed by atoms with van der Waals surface area (Å²) < 4.78 is 5.67. The van der Waals surface area contributed by atoms with Gasteiger partial charge in [0.25, 0.3) is 0 Å². The maximum atomic E-state index is 12.5. The van der Waals surface area contributed by atoms with Gasteiger partial charge in [0.2, 0.25) is 0 Å². The molecule has 2 rings (SSSR count). The minimum Gasteiger partial charge on any atom is -0.468 e. The molecular weight excluding hydrogens is 332 g/mol. The van der Waals surface area contributed by atoms with Crippen LogP contribution in [0.15, 0.2) is 59.1 Å². The Hall–Kier alpha value is -1.94. The highest BCUT2D eigenvalue weighted by molar-refractivity contribution is 9.10. The third-order valence-electron chi connectivity index (χ3n) is 3.21. The van der Waals surface area contributed by atoms with Gasteiger partial charge in [0.1, 0.15) is 5.92 Å². The Bertz CT molecular complexity index is 620. The van der Waals surface area contributed by atoms with Gasteiger partial charge < -0.3 is 4.74 Å². The molecule has 21 heavy (non-hydrogen) atoms. The van der Waals surface area contributed by atoms with E-state index in [2.05, 4.69) is 15.9 Å². The lowest BCUT2D eigenvalue weighted by Gasteiger charge is -2.14. The minimum atomic E-state index is -0.821. The van der Waals surface area contributed by atoms with Gasteiger partial charge in [-0.3, -0.25) is 9.59 Å².